The highest BCUT2D eigenvalue weighted by atomic mass is 79.9. The molecular formula is C11H17BrN4. The summed E-state index contributed by atoms with van der Waals surface area (Å²) < 4.78 is 0.689. The molecule has 1 aromatic heterocycles. The van der Waals surface area contributed by atoms with Crippen LogP contribution in [0.2, 0.25) is 0 Å². The van der Waals surface area contributed by atoms with Crippen LogP contribution in [0.1, 0.15) is 26.7 Å². The smallest absolute Gasteiger partial charge is 0.245 e. The van der Waals surface area contributed by atoms with Gasteiger partial charge in [-0.3, -0.25) is 0 Å². The lowest BCUT2D eigenvalue weighted by atomic mass is 9.88. The maximum Gasteiger partial charge on any atom is 0.245 e. The number of piperidine rings is 1. The fourth-order valence-electron chi connectivity index (χ4n) is 2.14. The van der Waals surface area contributed by atoms with Gasteiger partial charge in [0.15, 0.2) is 0 Å². The number of hydrogen-bond donors (Lipinski definition) is 0. The van der Waals surface area contributed by atoms with Gasteiger partial charge < -0.3 is 4.90 Å². The molecule has 0 saturated carbocycles. The maximum atomic E-state index is 4.30. The monoisotopic (exact) mass is 284 g/mol. The molecule has 2 rings (SSSR count). The molecular weight excluding hydrogens is 268 g/mol. The van der Waals surface area contributed by atoms with Gasteiger partial charge in [-0.15, -0.1) is 10.2 Å². The molecule has 0 radical (unpaired) electrons. The normalized spacial score (nSPS) is 21.5. The number of nitrogens with zero attached hydrogens (tertiary/aromatic N) is 4. The van der Waals surface area contributed by atoms with Crippen molar-refractivity contribution in [3.63, 3.8) is 0 Å². The van der Waals surface area contributed by atoms with Gasteiger partial charge in [0, 0.05) is 13.1 Å². The maximum absolute atomic E-state index is 4.30. The lowest BCUT2D eigenvalue weighted by Gasteiger charge is -2.34. The lowest BCUT2D eigenvalue weighted by molar-refractivity contribution is 0.319. The molecule has 0 spiro atoms. The predicted molar refractivity (Wildman–Crippen MR) is 67.3 cm³/mol. The van der Waals surface area contributed by atoms with E-state index in [1.165, 1.54) is 12.8 Å². The zero-order valence-electron chi connectivity index (χ0n) is 9.73. The number of rotatable bonds is 2. The summed E-state index contributed by atoms with van der Waals surface area (Å²) in [5, 5.41) is 8.10. The van der Waals surface area contributed by atoms with Crippen LogP contribution in [0.15, 0.2) is 10.8 Å². The van der Waals surface area contributed by atoms with Crippen molar-refractivity contribution in [1.29, 1.82) is 0 Å². The van der Waals surface area contributed by atoms with Crippen LogP contribution < -0.4 is 4.90 Å². The minimum absolute atomic E-state index is 0.689. The Balaban J connectivity index is 2.06. The second-order valence-corrected chi connectivity index (χ2v) is 5.49. The van der Waals surface area contributed by atoms with Crippen LogP contribution in [-0.4, -0.2) is 28.3 Å². The fraction of sp³-hybridized carbons (Fsp3) is 0.727. The summed E-state index contributed by atoms with van der Waals surface area (Å²) in [6.07, 6.45) is 4.25. The summed E-state index contributed by atoms with van der Waals surface area (Å²) in [5.41, 5.74) is 0. The highest BCUT2D eigenvalue weighted by Crippen LogP contribution is 2.25. The quantitative estimate of drug-likeness (QED) is 0.837. The molecule has 0 amide bonds. The van der Waals surface area contributed by atoms with E-state index in [2.05, 4.69) is 49.9 Å². The third-order valence-corrected chi connectivity index (χ3v) is 3.57. The molecule has 0 N–H and O–H groups in total. The van der Waals surface area contributed by atoms with Gasteiger partial charge in [0.2, 0.25) is 5.95 Å². The van der Waals surface area contributed by atoms with E-state index in [9.17, 15) is 0 Å². The second kappa shape index (κ2) is 5.08. The minimum atomic E-state index is 0.689. The van der Waals surface area contributed by atoms with Crippen LogP contribution in [0.25, 0.3) is 0 Å². The number of aromatic nitrogens is 3. The molecule has 1 saturated heterocycles. The van der Waals surface area contributed by atoms with Gasteiger partial charge in [0.25, 0.3) is 0 Å². The van der Waals surface area contributed by atoms with E-state index in [1.807, 2.05) is 0 Å². The van der Waals surface area contributed by atoms with Gasteiger partial charge in [0.1, 0.15) is 4.60 Å². The summed E-state index contributed by atoms with van der Waals surface area (Å²) in [6, 6.07) is 0. The largest absolute Gasteiger partial charge is 0.339 e. The van der Waals surface area contributed by atoms with E-state index in [4.69, 9.17) is 0 Å². The predicted octanol–water partition coefficient (Wildman–Crippen LogP) is 2.51. The van der Waals surface area contributed by atoms with Crippen molar-refractivity contribution >= 4 is 21.9 Å². The minimum Gasteiger partial charge on any atom is -0.339 e. The van der Waals surface area contributed by atoms with Crippen LogP contribution in [-0.2, 0) is 0 Å². The van der Waals surface area contributed by atoms with E-state index < -0.39 is 0 Å². The van der Waals surface area contributed by atoms with Crippen molar-refractivity contribution in [3.8, 4) is 0 Å². The van der Waals surface area contributed by atoms with Crippen molar-refractivity contribution in [2.24, 2.45) is 11.8 Å². The highest BCUT2D eigenvalue weighted by molar-refractivity contribution is 9.10. The molecule has 16 heavy (non-hydrogen) atoms. The van der Waals surface area contributed by atoms with E-state index in [0.717, 1.165) is 30.9 Å². The number of halogens is 1. The van der Waals surface area contributed by atoms with Gasteiger partial charge in [-0.25, -0.2) is 4.98 Å². The SMILES string of the molecule is CC(C)[C@@H]1CCCN(c2ncc(Br)nn2)C1. The molecule has 1 fully saturated rings. The third kappa shape index (κ3) is 2.70. The first-order chi connectivity index (χ1) is 7.66. The Morgan fingerprint density at radius 1 is 1.44 bits per heavy atom. The molecule has 0 aromatic carbocycles. The van der Waals surface area contributed by atoms with E-state index in [-0.39, 0.29) is 0 Å². The average molecular weight is 285 g/mol. The number of anilines is 1. The van der Waals surface area contributed by atoms with Gasteiger partial charge in [0.05, 0.1) is 6.20 Å². The van der Waals surface area contributed by atoms with Crippen molar-refractivity contribution in [2.45, 2.75) is 26.7 Å². The van der Waals surface area contributed by atoms with Crippen LogP contribution in [0, 0.1) is 11.8 Å². The first-order valence-corrected chi connectivity index (χ1v) is 6.56. The average Bonchev–Trinajstić information content (AvgIpc) is 2.30. The molecule has 1 aliphatic rings. The van der Waals surface area contributed by atoms with Crippen molar-refractivity contribution in [2.75, 3.05) is 18.0 Å². The van der Waals surface area contributed by atoms with Crippen LogP contribution in [0.4, 0.5) is 5.95 Å². The van der Waals surface area contributed by atoms with Crippen molar-refractivity contribution in [3.05, 3.63) is 10.8 Å². The molecule has 4 nitrogen and oxygen atoms in total. The second-order valence-electron chi connectivity index (χ2n) is 4.67. The zero-order chi connectivity index (χ0) is 11.5. The summed E-state index contributed by atoms with van der Waals surface area (Å²) >= 11 is 3.25. The summed E-state index contributed by atoms with van der Waals surface area (Å²) in [5.74, 6) is 2.24. The Bertz CT molecular complexity index is 338. The molecule has 1 aromatic rings. The molecule has 5 heteroatoms. The van der Waals surface area contributed by atoms with Gasteiger partial charge in [-0.05, 0) is 40.6 Å². The van der Waals surface area contributed by atoms with E-state index in [0.29, 0.717) is 4.60 Å². The molecule has 88 valence electrons. The number of hydrogen-bond acceptors (Lipinski definition) is 4. The Hall–Kier alpha value is -0.710. The summed E-state index contributed by atoms with van der Waals surface area (Å²) in [7, 11) is 0. The zero-order valence-corrected chi connectivity index (χ0v) is 11.3. The Labute approximate surface area is 105 Å². The lowest BCUT2D eigenvalue weighted by Crippen LogP contribution is -2.38. The molecule has 1 aliphatic heterocycles. The van der Waals surface area contributed by atoms with Crippen molar-refractivity contribution in [1.82, 2.24) is 15.2 Å². The topological polar surface area (TPSA) is 41.9 Å². The molecule has 0 bridgehead atoms. The standard InChI is InChI=1S/C11H17BrN4/c1-8(2)9-4-3-5-16(7-9)11-13-6-10(12)14-15-11/h6,8-9H,3-5,7H2,1-2H3/t9-/m1/s1. The van der Waals surface area contributed by atoms with Gasteiger partial charge >= 0.3 is 0 Å². The highest BCUT2D eigenvalue weighted by Gasteiger charge is 2.23. The molecule has 2 heterocycles. The molecule has 0 aliphatic carbocycles. The van der Waals surface area contributed by atoms with Crippen molar-refractivity contribution < 1.29 is 0 Å². The molecule has 0 unspecified atom stereocenters. The first-order valence-electron chi connectivity index (χ1n) is 5.77. The summed E-state index contributed by atoms with van der Waals surface area (Å²) in [4.78, 5) is 6.54. The van der Waals surface area contributed by atoms with Crippen LogP contribution >= 0.6 is 15.9 Å². The molecule has 1 atom stereocenters. The van der Waals surface area contributed by atoms with E-state index >= 15 is 0 Å². The Kier molecular flexibility index (Phi) is 3.74. The van der Waals surface area contributed by atoms with Crippen LogP contribution in [0.3, 0.4) is 0 Å². The first kappa shape index (κ1) is 11.8. The Morgan fingerprint density at radius 2 is 2.25 bits per heavy atom. The van der Waals surface area contributed by atoms with Crippen LogP contribution in [0.5, 0.6) is 0 Å². The fourth-order valence-corrected chi connectivity index (χ4v) is 2.32. The summed E-state index contributed by atoms with van der Waals surface area (Å²) in [6.45, 7) is 6.68. The third-order valence-electron chi connectivity index (χ3n) is 3.21. The van der Waals surface area contributed by atoms with Gasteiger partial charge in [-0.1, -0.05) is 13.8 Å². The Morgan fingerprint density at radius 3 is 2.88 bits per heavy atom. The van der Waals surface area contributed by atoms with Gasteiger partial charge in [-0.2, -0.15) is 0 Å². The van der Waals surface area contributed by atoms with E-state index in [1.54, 1.807) is 6.20 Å².